The highest BCUT2D eigenvalue weighted by Gasteiger charge is 2.10. The normalized spacial score (nSPS) is 11.2. The number of fused-ring (bicyclic) bond motifs is 3. The van der Waals surface area contributed by atoms with Crippen LogP contribution in [0.15, 0.2) is 40.9 Å². The molecule has 0 radical (unpaired) electrons. The first kappa shape index (κ1) is 11.5. The Bertz CT molecular complexity index is 758. The lowest BCUT2D eigenvalue weighted by molar-refractivity contribution is 0.112. The van der Waals surface area contributed by atoms with E-state index in [4.69, 9.17) is 0 Å². The van der Waals surface area contributed by atoms with E-state index < -0.39 is 0 Å². The van der Waals surface area contributed by atoms with E-state index >= 15 is 0 Å². The molecule has 90 valence electrons. The van der Waals surface area contributed by atoms with Crippen molar-refractivity contribution < 1.29 is 4.79 Å². The van der Waals surface area contributed by atoms with E-state index in [2.05, 4.69) is 39.6 Å². The van der Waals surface area contributed by atoms with Crippen LogP contribution >= 0.6 is 15.9 Å². The average Bonchev–Trinajstić information content (AvgIpc) is 2.71. The van der Waals surface area contributed by atoms with Crippen LogP contribution in [0.2, 0.25) is 0 Å². The van der Waals surface area contributed by atoms with Gasteiger partial charge in [0.05, 0.1) is 0 Å². The Morgan fingerprint density at radius 3 is 2.44 bits per heavy atom. The fourth-order valence-corrected chi connectivity index (χ4v) is 2.87. The molecule has 0 bridgehead atoms. The number of carbonyl (C=O) groups is 1. The quantitative estimate of drug-likeness (QED) is 0.644. The first-order chi connectivity index (χ1) is 8.74. The van der Waals surface area contributed by atoms with Crippen molar-refractivity contribution in [2.45, 2.75) is 13.5 Å². The molecule has 0 atom stereocenters. The molecule has 18 heavy (non-hydrogen) atoms. The molecule has 2 aromatic carbocycles. The Morgan fingerprint density at radius 2 is 1.78 bits per heavy atom. The van der Waals surface area contributed by atoms with Gasteiger partial charge in [0, 0.05) is 38.4 Å². The van der Waals surface area contributed by atoms with E-state index in [1.54, 1.807) is 0 Å². The Labute approximate surface area is 113 Å². The van der Waals surface area contributed by atoms with E-state index in [1.165, 1.54) is 16.4 Å². The summed E-state index contributed by atoms with van der Waals surface area (Å²) in [4.78, 5) is 10.9. The molecule has 1 aromatic heterocycles. The maximum Gasteiger partial charge on any atom is 0.150 e. The molecule has 0 unspecified atom stereocenters. The monoisotopic (exact) mass is 301 g/mol. The van der Waals surface area contributed by atoms with Gasteiger partial charge in [-0.05, 0) is 43.3 Å². The van der Waals surface area contributed by atoms with Gasteiger partial charge in [-0.3, -0.25) is 4.79 Å². The van der Waals surface area contributed by atoms with Gasteiger partial charge in [-0.2, -0.15) is 0 Å². The summed E-state index contributed by atoms with van der Waals surface area (Å²) in [5, 5.41) is 2.32. The van der Waals surface area contributed by atoms with Crippen molar-refractivity contribution in [3.05, 3.63) is 46.4 Å². The SMILES string of the molecule is CCn1c2ccc(Br)cc2c2cc(C=O)ccc21. The molecule has 0 saturated carbocycles. The number of hydrogen-bond donors (Lipinski definition) is 0. The summed E-state index contributed by atoms with van der Waals surface area (Å²) >= 11 is 3.51. The van der Waals surface area contributed by atoms with Crippen molar-refractivity contribution in [2.75, 3.05) is 0 Å². The fraction of sp³-hybridized carbons (Fsp3) is 0.133. The molecular formula is C15H12BrNO. The third-order valence-electron chi connectivity index (χ3n) is 3.30. The van der Waals surface area contributed by atoms with Gasteiger partial charge in [0.25, 0.3) is 0 Å². The molecular weight excluding hydrogens is 290 g/mol. The van der Waals surface area contributed by atoms with Crippen LogP contribution in [0.1, 0.15) is 17.3 Å². The maximum absolute atomic E-state index is 10.9. The minimum atomic E-state index is 0.720. The van der Waals surface area contributed by atoms with Crippen LogP contribution in [0.3, 0.4) is 0 Å². The van der Waals surface area contributed by atoms with Crippen LogP contribution in [0.25, 0.3) is 21.8 Å². The number of rotatable bonds is 2. The van der Waals surface area contributed by atoms with E-state index in [1.807, 2.05) is 24.3 Å². The molecule has 0 spiro atoms. The van der Waals surface area contributed by atoms with Gasteiger partial charge in [0.2, 0.25) is 0 Å². The van der Waals surface area contributed by atoms with E-state index in [0.717, 1.165) is 28.3 Å². The molecule has 0 saturated heterocycles. The standard InChI is InChI=1S/C15H12BrNO/c1-2-17-14-5-3-10(9-18)7-12(14)13-8-11(16)4-6-15(13)17/h3-9H,2H2,1H3. The van der Waals surface area contributed by atoms with Crippen LogP contribution in [0.5, 0.6) is 0 Å². The molecule has 0 amide bonds. The molecule has 2 nitrogen and oxygen atoms in total. The van der Waals surface area contributed by atoms with Crippen molar-refractivity contribution in [2.24, 2.45) is 0 Å². The summed E-state index contributed by atoms with van der Waals surface area (Å²) in [6.07, 6.45) is 0.895. The average molecular weight is 302 g/mol. The third-order valence-corrected chi connectivity index (χ3v) is 3.80. The number of aromatic nitrogens is 1. The van der Waals surface area contributed by atoms with Crippen molar-refractivity contribution in [3.8, 4) is 0 Å². The van der Waals surface area contributed by atoms with E-state index in [9.17, 15) is 4.79 Å². The number of carbonyl (C=O) groups excluding carboxylic acids is 1. The van der Waals surface area contributed by atoms with Crippen LogP contribution in [0, 0.1) is 0 Å². The smallest absolute Gasteiger partial charge is 0.150 e. The second kappa shape index (κ2) is 4.25. The molecule has 0 aliphatic heterocycles. The van der Waals surface area contributed by atoms with Crippen molar-refractivity contribution in [3.63, 3.8) is 0 Å². The molecule has 3 rings (SSSR count). The molecule has 0 N–H and O–H groups in total. The van der Waals surface area contributed by atoms with E-state index in [0.29, 0.717) is 0 Å². The summed E-state index contributed by atoms with van der Waals surface area (Å²) in [7, 11) is 0. The van der Waals surface area contributed by atoms with Crippen LogP contribution < -0.4 is 0 Å². The summed E-state index contributed by atoms with van der Waals surface area (Å²) < 4.78 is 3.33. The summed E-state index contributed by atoms with van der Waals surface area (Å²) in [5.41, 5.74) is 3.10. The molecule has 0 fully saturated rings. The lowest BCUT2D eigenvalue weighted by Gasteiger charge is -2.02. The van der Waals surface area contributed by atoms with Crippen molar-refractivity contribution >= 4 is 44.0 Å². The van der Waals surface area contributed by atoms with Gasteiger partial charge in [-0.1, -0.05) is 15.9 Å². The van der Waals surface area contributed by atoms with Gasteiger partial charge in [0.15, 0.2) is 0 Å². The molecule has 3 heteroatoms. The van der Waals surface area contributed by atoms with Gasteiger partial charge >= 0.3 is 0 Å². The summed E-state index contributed by atoms with van der Waals surface area (Å²) in [6.45, 7) is 3.05. The lowest BCUT2D eigenvalue weighted by Crippen LogP contribution is -1.92. The Morgan fingerprint density at radius 1 is 1.11 bits per heavy atom. The second-order valence-corrected chi connectivity index (χ2v) is 5.22. The highest BCUT2D eigenvalue weighted by molar-refractivity contribution is 9.10. The lowest BCUT2D eigenvalue weighted by atomic mass is 10.1. The van der Waals surface area contributed by atoms with Gasteiger partial charge in [-0.25, -0.2) is 0 Å². The van der Waals surface area contributed by atoms with Gasteiger partial charge in [-0.15, -0.1) is 0 Å². The zero-order chi connectivity index (χ0) is 12.7. The largest absolute Gasteiger partial charge is 0.341 e. The van der Waals surface area contributed by atoms with Crippen molar-refractivity contribution in [1.29, 1.82) is 0 Å². The van der Waals surface area contributed by atoms with Gasteiger partial charge in [0.1, 0.15) is 6.29 Å². The number of benzene rings is 2. The Kier molecular flexibility index (Phi) is 2.71. The summed E-state index contributed by atoms with van der Waals surface area (Å²) in [6, 6.07) is 12.1. The number of hydrogen-bond acceptors (Lipinski definition) is 1. The molecule has 1 heterocycles. The topological polar surface area (TPSA) is 22.0 Å². The number of aryl methyl sites for hydroxylation is 1. The predicted octanol–water partition coefficient (Wildman–Crippen LogP) is 4.39. The Hall–Kier alpha value is -1.61. The predicted molar refractivity (Wildman–Crippen MR) is 78.2 cm³/mol. The zero-order valence-electron chi connectivity index (χ0n) is 9.98. The highest BCUT2D eigenvalue weighted by atomic mass is 79.9. The maximum atomic E-state index is 10.9. The van der Waals surface area contributed by atoms with E-state index in [-0.39, 0.29) is 0 Å². The third kappa shape index (κ3) is 1.58. The molecule has 0 aliphatic carbocycles. The second-order valence-electron chi connectivity index (χ2n) is 4.30. The number of aldehydes is 1. The number of halogens is 1. The van der Waals surface area contributed by atoms with Crippen LogP contribution in [-0.2, 0) is 6.54 Å². The first-order valence-corrected chi connectivity index (χ1v) is 6.70. The van der Waals surface area contributed by atoms with Crippen molar-refractivity contribution in [1.82, 2.24) is 4.57 Å². The van der Waals surface area contributed by atoms with Crippen LogP contribution in [0.4, 0.5) is 0 Å². The summed E-state index contributed by atoms with van der Waals surface area (Å²) in [5.74, 6) is 0. The minimum Gasteiger partial charge on any atom is -0.341 e. The van der Waals surface area contributed by atoms with Crippen LogP contribution in [-0.4, -0.2) is 10.9 Å². The minimum absolute atomic E-state index is 0.720. The highest BCUT2D eigenvalue weighted by Crippen LogP contribution is 2.31. The Balaban J connectivity index is 2.53. The number of nitrogens with zero attached hydrogens (tertiary/aromatic N) is 1. The molecule has 0 aliphatic rings. The first-order valence-electron chi connectivity index (χ1n) is 5.91. The zero-order valence-corrected chi connectivity index (χ0v) is 11.6. The van der Waals surface area contributed by atoms with Gasteiger partial charge < -0.3 is 4.57 Å². The molecule has 3 aromatic rings. The fourth-order valence-electron chi connectivity index (χ4n) is 2.51.